The Bertz CT molecular complexity index is 1980. The van der Waals surface area contributed by atoms with Crippen LogP contribution in [0.1, 0.15) is 110 Å². The van der Waals surface area contributed by atoms with Crippen molar-refractivity contribution in [2.24, 2.45) is 40.8 Å². The highest BCUT2D eigenvalue weighted by atomic mass is 16.6. The summed E-state index contributed by atoms with van der Waals surface area (Å²) in [5.74, 6) is 6.69. The van der Waals surface area contributed by atoms with Crippen molar-refractivity contribution in [3.05, 3.63) is 65.2 Å². The van der Waals surface area contributed by atoms with Crippen LogP contribution in [-0.2, 0) is 49.5 Å². The number of Topliss-reactive ketones (excluding diaryl/α,β-unsaturated/α-hetero) is 1. The zero-order chi connectivity index (χ0) is 53.4. The number of nitrogens with two attached hydrogens (primary N) is 4. The lowest BCUT2D eigenvalue weighted by molar-refractivity contribution is -0.130. The number of rotatable bonds is 34. The molecule has 0 spiro atoms. The van der Waals surface area contributed by atoms with Crippen molar-refractivity contribution in [1.82, 2.24) is 26.3 Å². The van der Waals surface area contributed by atoms with Crippen LogP contribution in [0.25, 0.3) is 11.4 Å². The largest absolute Gasteiger partial charge is 0.396 e. The number of hydrogen-bond donors (Lipinski definition) is 8. The summed E-state index contributed by atoms with van der Waals surface area (Å²) in [7, 11) is 0. The Labute approximate surface area is 427 Å². The molecule has 0 saturated heterocycles. The summed E-state index contributed by atoms with van der Waals surface area (Å²) in [6.07, 6.45) is 4.27. The van der Waals surface area contributed by atoms with Crippen LogP contribution < -0.4 is 49.2 Å². The second-order valence-corrected chi connectivity index (χ2v) is 18.7. The summed E-state index contributed by atoms with van der Waals surface area (Å²) in [4.78, 5) is 72.9. The van der Waals surface area contributed by atoms with Gasteiger partial charge in [0.1, 0.15) is 6.04 Å². The zero-order valence-electron chi connectivity index (χ0n) is 43.9. The number of benzene rings is 2. The number of anilines is 1. The molecule has 0 aromatic heterocycles. The van der Waals surface area contributed by atoms with E-state index in [2.05, 4.69) is 21.3 Å². The van der Waals surface area contributed by atoms with Crippen LogP contribution in [-0.4, -0.2) is 132 Å². The molecule has 6 amide bonds. The SMILES string of the molecule is CC(C)C(=O)C(CCCNC(N)=O)NC=O.CC(C)CC(=O)N1Cc2ccccc2/C(N)=C(/N(N)CCOCCOCCOCCOCCC(=O)NC(CCCCN)C(=O)NC(C)C(C)C)c2ccccc21. The minimum atomic E-state index is -0.593. The Morgan fingerprint density at radius 1 is 0.750 bits per heavy atom. The molecule has 20 nitrogen and oxygen atoms in total. The maximum atomic E-state index is 13.5. The van der Waals surface area contributed by atoms with Gasteiger partial charge in [0.05, 0.1) is 89.1 Å². The van der Waals surface area contributed by atoms with Crippen molar-refractivity contribution >= 4 is 53.0 Å². The van der Waals surface area contributed by atoms with Gasteiger partial charge in [-0.15, -0.1) is 0 Å². The molecule has 12 N–H and O–H groups in total. The number of hydrazine groups is 1. The van der Waals surface area contributed by atoms with Crippen LogP contribution >= 0.6 is 0 Å². The first-order chi connectivity index (χ1) is 34.4. The summed E-state index contributed by atoms with van der Waals surface area (Å²) in [6.45, 7) is 18.2. The Balaban J connectivity index is 0.000000947. The monoisotopic (exact) mass is 1010 g/mol. The van der Waals surface area contributed by atoms with E-state index in [4.69, 9.17) is 42.0 Å². The van der Waals surface area contributed by atoms with E-state index in [1.165, 1.54) is 0 Å². The molecule has 72 heavy (non-hydrogen) atoms. The molecule has 1 heterocycles. The molecular formula is C52H86N10O10. The molecule has 0 saturated carbocycles. The fraction of sp³-hybridized carbons (Fsp3) is 0.615. The van der Waals surface area contributed by atoms with E-state index in [9.17, 15) is 28.8 Å². The van der Waals surface area contributed by atoms with Gasteiger partial charge in [0.2, 0.25) is 24.1 Å². The number of hydrogen-bond acceptors (Lipinski definition) is 14. The van der Waals surface area contributed by atoms with Gasteiger partial charge in [-0.1, -0.05) is 84.0 Å². The zero-order valence-corrected chi connectivity index (χ0v) is 43.9. The number of nitrogens with zero attached hydrogens (tertiary/aromatic N) is 2. The van der Waals surface area contributed by atoms with E-state index in [-0.39, 0.29) is 60.3 Å². The Kier molecular flexibility index (Phi) is 30.8. The van der Waals surface area contributed by atoms with Gasteiger partial charge in [-0.2, -0.15) is 0 Å². The van der Waals surface area contributed by atoms with Crippen molar-refractivity contribution in [2.75, 3.05) is 77.4 Å². The second-order valence-electron chi connectivity index (χ2n) is 18.7. The summed E-state index contributed by atoms with van der Waals surface area (Å²) >= 11 is 0. The number of amides is 6. The molecule has 0 aliphatic carbocycles. The number of carbonyl (C=O) groups is 6. The van der Waals surface area contributed by atoms with Crippen molar-refractivity contribution in [3.8, 4) is 0 Å². The number of primary amides is 1. The molecule has 0 bridgehead atoms. The lowest BCUT2D eigenvalue weighted by atomic mass is 9.95. The smallest absolute Gasteiger partial charge is 0.312 e. The highest BCUT2D eigenvalue weighted by Crippen LogP contribution is 2.37. The minimum Gasteiger partial charge on any atom is -0.396 e. The standard InChI is InChI=1S/C42H67N7O7.C10H19N3O3/c1-30(2)28-39(51)48-29-33-12-6-7-13-34(33)40(44)41(35-14-8-9-16-37(35)48)49(45)19-21-54-23-25-56-27-26-55-24-22-53-20-17-38(50)47-36(15-10-11-18-43)42(52)46-32(5)31(3)4;1-7(2)9(15)8(13-6-14)4-3-5-12-10(11)16/h6-9,12-14,16,30-32,36H,10-11,15,17-29,43-45H2,1-5H3,(H,46,52)(H,47,50);6-8H,3-5H2,1-2H3,(H,13,14)(H3,11,12,16)/b41-40-;. The van der Waals surface area contributed by atoms with Crippen molar-refractivity contribution in [3.63, 3.8) is 0 Å². The highest BCUT2D eigenvalue weighted by Gasteiger charge is 2.29. The van der Waals surface area contributed by atoms with Gasteiger partial charge in [-0.05, 0) is 69.0 Å². The van der Waals surface area contributed by atoms with Gasteiger partial charge >= 0.3 is 6.03 Å². The van der Waals surface area contributed by atoms with Crippen LogP contribution in [0, 0.1) is 17.8 Å². The summed E-state index contributed by atoms with van der Waals surface area (Å²) in [5, 5.41) is 12.3. The molecule has 1 aliphatic rings. The third kappa shape index (κ3) is 23.7. The van der Waals surface area contributed by atoms with Crippen molar-refractivity contribution < 1.29 is 47.7 Å². The fourth-order valence-electron chi connectivity index (χ4n) is 7.38. The number of ether oxygens (including phenoxy) is 4. The first-order valence-corrected chi connectivity index (χ1v) is 25.3. The first kappa shape index (κ1) is 62.5. The van der Waals surface area contributed by atoms with Crippen LogP contribution in [0.5, 0.6) is 0 Å². The first-order valence-electron chi connectivity index (χ1n) is 25.3. The van der Waals surface area contributed by atoms with Crippen molar-refractivity contribution in [1.29, 1.82) is 0 Å². The van der Waals surface area contributed by atoms with Gasteiger partial charge < -0.3 is 67.3 Å². The number of urea groups is 1. The third-order valence-corrected chi connectivity index (χ3v) is 11.7. The summed E-state index contributed by atoms with van der Waals surface area (Å²) in [5.41, 5.74) is 21.9. The molecule has 3 atom stereocenters. The molecule has 3 unspecified atom stereocenters. The normalized spacial score (nSPS) is 14.4. The number of fused-ring (bicyclic) bond motifs is 2. The lowest BCUT2D eigenvalue weighted by Gasteiger charge is -2.33. The predicted octanol–water partition coefficient (Wildman–Crippen LogP) is 3.55. The van der Waals surface area contributed by atoms with Crippen LogP contribution in [0.4, 0.5) is 10.5 Å². The topological polar surface area (TPSA) is 298 Å². The predicted molar refractivity (Wildman–Crippen MR) is 280 cm³/mol. The lowest BCUT2D eigenvalue weighted by Crippen LogP contribution is -2.50. The number of para-hydroxylation sites is 1. The van der Waals surface area contributed by atoms with Crippen LogP contribution in [0.2, 0.25) is 0 Å². The van der Waals surface area contributed by atoms with Gasteiger partial charge in [0, 0.05) is 42.5 Å². The fourth-order valence-corrected chi connectivity index (χ4v) is 7.38. The third-order valence-electron chi connectivity index (χ3n) is 11.7. The summed E-state index contributed by atoms with van der Waals surface area (Å²) in [6, 6.07) is 13.9. The Hall–Kier alpha value is -5.64. The molecule has 1 aliphatic heterocycles. The summed E-state index contributed by atoms with van der Waals surface area (Å²) < 4.78 is 22.6. The Morgan fingerprint density at radius 2 is 1.33 bits per heavy atom. The molecular weight excluding hydrogens is 925 g/mol. The molecule has 3 rings (SSSR count). The minimum absolute atomic E-state index is 0.00783. The van der Waals surface area contributed by atoms with Gasteiger partial charge in [0.15, 0.2) is 5.78 Å². The average molecular weight is 1010 g/mol. The van der Waals surface area contributed by atoms with Crippen LogP contribution in [0.3, 0.4) is 0 Å². The van der Waals surface area contributed by atoms with Crippen LogP contribution in [0.15, 0.2) is 48.5 Å². The second kappa shape index (κ2) is 35.5. The van der Waals surface area contributed by atoms with Crippen molar-refractivity contribution in [2.45, 2.75) is 118 Å². The molecule has 20 heteroatoms. The van der Waals surface area contributed by atoms with E-state index in [1.807, 2.05) is 88.0 Å². The molecule has 404 valence electrons. The number of nitrogens with one attached hydrogen (secondary N) is 4. The van der Waals surface area contributed by atoms with E-state index in [1.54, 1.807) is 18.9 Å². The van der Waals surface area contributed by atoms with E-state index in [0.29, 0.717) is 116 Å². The quantitative estimate of drug-likeness (QED) is 0.0215. The Morgan fingerprint density at radius 3 is 1.92 bits per heavy atom. The maximum Gasteiger partial charge on any atom is 0.312 e. The molecule has 0 radical (unpaired) electrons. The number of unbranched alkanes of at least 4 members (excludes halogenated alkanes) is 1. The molecule has 0 fully saturated rings. The molecule has 2 aromatic rings. The maximum absolute atomic E-state index is 13.5. The van der Waals surface area contributed by atoms with Gasteiger partial charge in [-0.3, -0.25) is 24.0 Å². The van der Waals surface area contributed by atoms with E-state index >= 15 is 0 Å². The highest BCUT2D eigenvalue weighted by molar-refractivity contribution is 6.01. The van der Waals surface area contributed by atoms with E-state index < -0.39 is 18.1 Å². The van der Waals surface area contributed by atoms with Gasteiger partial charge in [0.25, 0.3) is 0 Å². The number of ketones is 1. The van der Waals surface area contributed by atoms with E-state index in [0.717, 1.165) is 35.2 Å². The average Bonchev–Trinajstić information content (AvgIpc) is 3.33. The van der Waals surface area contributed by atoms with Gasteiger partial charge in [-0.25, -0.2) is 10.6 Å². The molecule has 2 aromatic carbocycles. The number of carbonyl (C=O) groups excluding carboxylic acids is 6.